The summed E-state index contributed by atoms with van der Waals surface area (Å²) in [6.45, 7) is 4.99. The Morgan fingerprint density at radius 3 is 1.31 bits per heavy atom. The van der Waals surface area contributed by atoms with Crippen molar-refractivity contribution >= 4 is 11.9 Å². The zero-order chi connectivity index (χ0) is 20.5. The molecule has 0 aliphatic rings. The van der Waals surface area contributed by atoms with Gasteiger partial charge >= 0.3 is 11.9 Å². The van der Waals surface area contributed by atoms with Crippen molar-refractivity contribution in [2.45, 2.75) is 39.5 Å². The zero-order valence-corrected chi connectivity index (χ0v) is 19.4. The first-order chi connectivity index (χ1) is 13.7. The Balaban J connectivity index is 0.000000523. The van der Waals surface area contributed by atoms with E-state index in [0.717, 1.165) is 25.7 Å². The summed E-state index contributed by atoms with van der Waals surface area (Å²) in [6.07, 6.45) is 3.82. The average molecular weight is 480 g/mol. The number of hydrogen-bond acceptors (Lipinski definition) is 6. The number of benzene rings is 2. The van der Waals surface area contributed by atoms with Crippen LogP contribution in [0, 0.1) is 0 Å². The summed E-state index contributed by atoms with van der Waals surface area (Å²) in [5.41, 5.74) is 1.01. The molecular weight excluding hydrogens is 451 g/mol. The number of carbonyl (C=O) groups is 2. The topological polar surface area (TPSA) is 71.1 Å². The van der Waals surface area contributed by atoms with E-state index in [9.17, 15) is 9.59 Å². The van der Waals surface area contributed by atoms with Crippen molar-refractivity contribution in [2.75, 3.05) is 13.2 Å². The standard InChI is InChI=1S/2C11H14O3.Zr/c2*1-2-3-9-13-14-11(12)10-7-5-4-6-8-10;/h2*4-8H,2-3,9H2,1H3;. The van der Waals surface area contributed by atoms with Gasteiger partial charge in [-0.3, -0.25) is 9.78 Å². The molecule has 2 aromatic carbocycles. The molecule has 0 aliphatic carbocycles. The van der Waals surface area contributed by atoms with Gasteiger partial charge in [0.2, 0.25) is 0 Å². The van der Waals surface area contributed by atoms with Crippen LogP contribution in [-0.2, 0) is 45.8 Å². The smallest absolute Gasteiger partial charge is 0.293 e. The Bertz CT molecular complexity index is 604. The van der Waals surface area contributed by atoms with Crippen molar-refractivity contribution in [3.63, 3.8) is 0 Å². The third-order valence-electron chi connectivity index (χ3n) is 3.45. The molecule has 0 heterocycles. The van der Waals surface area contributed by atoms with Gasteiger partial charge in [-0.2, -0.15) is 9.78 Å². The fourth-order valence-corrected chi connectivity index (χ4v) is 1.84. The van der Waals surface area contributed by atoms with Gasteiger partial charge in [-0.15, -0.1) is 0 Å². The van der Waals surface area contributed by atoms with Crippen LogP contribution in [0.5, 0.6) is 0 Å². The summed E-state index contributed by atoms with van der Waals surface area (Å²) in [7, 11) is 0. The minimum Gasteiger partial charge on any atom is -0.293 e. The van der Waals surface area contributed by atoms with Crippen molar-refractivity contribution in [3.8, 4) is 0 Å². The normalized spacial score (nSPS) is 9.45. The number of unbranched alkanes of at least 4 members (excludes halogenated alkanes) is 2. The van der Waals surface area contributed by atoms with Gasteiger partial charge in [-0.25, -0.2) is 9.59 Å². The van der Waals surface area contributed by atoms with Crippen LogP contribution in [-0.4, -0.2) is 25.2 Å². The van der Waals surface area contributed by atoms with Gasteiger partial charge in [-0.05, 0) is 37.1 Å². The van der Waals surface area contributed by atoms with Crippen molar-refractivity contribution in [2.24, 2.45) is 0 Å². The van der Waals surface area contributed by atoms with E-state index < -0.39 is 11.9 Å². The number of rotatable bonds is 10. The molecular formula is C22H28O6Zr. The van der Waals surface area contributed by atoms with Crippen molar-refractivity contribution in [3.05, 3.63) is 71.8 Å². The van der Waals surface area contributed by atoms with E-state index in [1.165, 1.54) is 0 Å². The van der Waals surface area contributed by atoms with E-state index in [-0.39, 0.29) is 26.2 Å². The van der Waals surface area contributed by atoms with Gasteiger partial charge in [0.1, 0.15) is 0 Å². The third kappa shape index (κ3) is 13.1. The average Bonchev–Trinajstić information content (AvgIpc) is 2.76. The van der Waals surface area contributed by atoms with Crippen molar-refractivity contribution in [1.82, 2.24) is 0 Å². The van der Waals surface area contributed by atoms with Gasteiger partial charge in [0, 0.05) is 26.2 Å². The molecule has 0 radical (unpaired) electrons. The maximum absolute atomic E-state index is 11.3. The molecule has 29 heavy (non-hydrogen) atoms. The van der Waals surface area contributed by atoms with E-state index in [0.29, 0.717) is 24.3 Å². The Kier molecular flexibility index (Phi) is 17.1. The SMILES string of the molecule is CCCCOOC(=O)c1ccccc1.CCCCOOC(=O)c1ccccc1.[Zr]. The molecule has 6 nitrogen and oxygen atoms in total. The Morgan fingerprint density at radius 2 is 1.00 bits per heavy atom. The molecule has 2 aromatic rings. The first kappa shape index (κ1) is 27.2. The second kappa shape index (κ2) is 18.2. The predicted octanol–water partition coefficient (Wildman–Crippen LogP) is 5.15. The quantitative estimate of drug-likeness (QED) is 0.267. The monoisotopic (exact) mass is 478 g/mol. The first-order valence-corrected chi connectivity index (χ1v) is 9.46. The van der Waals surface area contributed by atoms with Crippen LogP contribution in [0.3, 0.4) is 0 Å². The van der Waals surface area contributed by atoms with Gasteiger partial charge in [0.25, 0.3) is 0 Å². The molecule has 156 valence electrons. The molecule has 0 spiro atoms. The van der Waals surface area contributed by atoms with Crippen LogP contribution in [0.15, 0.2) is 60.7 Å². The summed E-state index contributed by atoms with van der Waals surface area (Å²) in [5.74, 6) is -0.886. The molecule has 0 aliphatic heterocycles. The molecule has 0 unspecified atom stereocenters. The molecule has 0 bridgehead atoms. The Hall–Kier alpha value is -1.82. The fourth-order valence-electron chi connectivity index (χ4n) is 1.84. The predicted molar refractivity (Wildman–Crippen MR) is 105 cm³/mol. The third-order valence-corrected chi connectivity index (χ3v) is 3.45. The second-order valence-corrected chi connectivity index (χ2v) is 5.82. The van der Waals surface area contributed by atoms with Crippen LogP contribution in [0.2, 0.25) is 0 Å². The largest absolute Gasteiger partial charge is 0.373 e. The molecule has 0 N–H and O–H groups in total. The molecule has 0 fully saturated rings. The second-order valence-electron chi connectivity index (χ2n) is 5.82. The summed E-state index contributed by atoms with van der Waals surface area (Å²) >= 11 is 0. The molecule has 0 saturated heterocycles. The van der Waals surface area contributed by atoms with Gasteiger partial charge in [0.15, 0.2) is 0 Å². The Labute approximate surface area is 191 Å². The van der Waals surface area contributed by atoms with Crippen LogP contribution in [0.25, 0.3) is 0 Å². The van der Waals surface area contributed by atoms with Crippen molar-refractivity contribution < 1.29 is 55.3 Å². The van der Waals surface area contributed by atoms with Crippen LogP contribution < -0.4 is 0 Å². The van der Waals surface area contributed by atoms with Crippen molar-refractivity contribution in [1.29, 1.82) is 0 Å². The first-order valence-electron chi connectivity index (χ1n) is 9.46. The molecule has 2 rings (SSSR count). The van der Waals surface area contributed by atoms with E-state index in [2.05, 4.69) is 9.78 Å². The Morgan fingerprint density at radius 1 is 0.655 bits per heavy atom. The van der Waals surface area contributed by atoms with Crippen LogP contribution in [0.1, 0.15) is 60.2 Å². The summed E-state index contributed by atoms with van der Waals surface area (Å²) in [4.78, 5) is 41.2. The van der Waals surface area contributed by atoms with Gasteiger partial charge in [-0.1, -0.05) is 63.1 Å². The van der Waals surface area contributed by atoms with Crippen LogP contribution in [0.4, 0.5) is 0 Å². The zero-order valence-electron chi connectivity index (χ0n) is 17.0. The molecule has 0 amide bonds. The fraction of sp³-hybridized carbons (Fsp3) is 0.364. The summed E-state index contributed by atoms with van der Waals surface area (Å²) in [5, 5.41) is 0. The number of hydrogen-bond donors (Lipinski definition) is 0. The van der Waals surface area contributed by atoms with E-state index in [4.69, 9.17) is 9.78 Å². The molecule has 0 aromatic heterocycles. The molecule has 7 heteroatoms. The molecule has 0 saturated carbocycles. The maximum Gasteiger partial charge on any atom is 0.373 e. The van der Waals surface area contributed by atoms with E-state index >= 15 is 0 Å². The summed E-state index contributed by atoms with van der Waals surface area (Å²) < 4.78 is 0. The summed E-state index contributed by atoms with van der Waals surface area (Å²) in [6, 6.07) is 17.5. The minimum absolute atomic E-state index is 0. The van der Waals surface area contributed by atoms with Gasteiger partial charge in [0.05, 0.1) is 24.3 Å². The minimum atomic E-state index is -0.443. The molecule has 0 atom stereocenters. The number of carbonyl (C=O) groups excluding carboxylic acids is 2. The van der Waals surface area contributed by atoms with Gasteiger partial charge < -0.3 is 0 Å². The van der Waals surface area contributed by atoms with Crippen LogP contribution >= 0.6 is 0 Å². The van der Waals surface area contributed by atoms with E-state index in [1.54, 1.807) is 48.5 Å². The maximum atomic E-state index is 11.3. The van der Waals surface area contributed by atoms with E-state index in [1.807, 2.05) is 26.0 Å².